The van der Waals surface area contributed by atoms with Crippen LogP contribution in [0.1, 0.15) is 6.92 Å². The minimum absolute atomic E-state index is 0.152. The Morgan fingerprint density at radius 1 is 1.43 bits per heavy atom. The summed E-state index contributed by atoms with van der Waals surface area (Å²) < 4.78 is 30.4. The minimum Gasteiger partial charge on any atom is -0.491 e. The summed E-state index contributed by atoms with van der Waals surface area (Å²) in [4.78, 5) is 9.34. The predicted octanol–water partition coefficient (Wildman–Crippen LogP) is 2.27. The van der Waals surface area contributed by atoms with E-state index < -0.39 is 22.2 Å². The van der Waals surface area contributed by atoms with Crippen molar-refractivity contribution in [2.45, 2.75) is 6.92 Å². The Balaban J connectivity index is 3.20. The standard InChI is InChI=1S/C8H7F2NO3/c1-2-14-8-4-7(11(12)13)5(9)3-6(8)10/h3-4H,2H2,1H3. The molecule has 14 heavy (non-hydrogen) atoms. The Labute approximate surface area is 78.3 Å². The van der Waals surface area contributed by atoms with Crippen molar-refractivity contribution in [3.05, 3.63) is 33.9 Å². The summed E-state index contributed by atoms with van der Waals surface area (Å²) in [6.45, 7) is 1.74. The zero-order valence-electron chi connectivity index (χ0n) is 7.29. The topological polar surface area (TPSA) is 52.4 Å². The number of hydrogen-bond acceptors (Lipinski definition) is 3. The van der Waals surface area contributed by atoms with Gasteiger partial charge in [-0.05, 0) is 6.92 Å². The molecular weight excluding hydrogens is 196 g/mol. The molecular formula is C8H7F2NO3. The first-order chi connectivity index (χ1) is 6.56. The van der Waals surface area contributed by atoms with Crippen molar-refractivity contribution >= 4 is 5.69 Å². The maximum absolute atomic E-state index is 12.9. The number of halogens is 2. The number of ether oxygens (including phenoxy) is 1. The molecule has 1 rings (SSSR count). The lowest BCUT2D eigenvalue weighted by atomic mass is 10.3. The number of benzene rings is 1. The molecule has 76 valence electrons. The van der Waals surface area contributed by atoms with E-state index in [1.807, 2.05) is 0 Å². The first kappa shape index (κ1) is 10.4. The maximum Gasteiger partial charge on any atom is 0.308 e. The van der Waals surface area contributed by atoms with E-state index in [1.54, 1.807) is 6.92 Å². The van der Waals surface area contributed by atoms with E-state index in [0.29, 0.717) is 6.07 Å². The first-order valence-corrected chi connectivity index (χ1v) is 3.82. The maximum atomic E-state index is 12.9. The van der Waals surface area contributed by atoms with Crippen LogP contribution in [0.25, 0.3) is 0 Å². The van der Waals surface area contributed by atoms with E-state index >= 15 is 0 Å². The smallest absolute Gasteiger partial charge is 0.308 e. The lowest BCUT2D eigenvalue weighted by Gasteiger charge is -2.03. The molecule has 0 radical (unpaired) electrons. The van der Waals surface area contributed by atoms with Crippen LogP contribution in [0, 0.1) is 21.7 Å². The van der Waals surface area contributed by atoms with Crippen LogP contribution in [0.3, 0.4) is 0 Å². The van der Waals surface area contributed by atoms with Gasteiger partial charge in [-0.1, -0.05) is 0 Å². The molecule has 1 aromatic rings. The third kappa shape index (κ3) is 1.95. The Kier molecular flexibility index (Phi) is 2.95. The fourth-order valence-electron chi connectivity index (χ4n) is 0.924. The van der Waals surface area contributed by atoms with Crippen LogP contribution in [0.2, 0.25) is 0 Å². The molecule has 0 saturated carbocycles. The van der Waals surface area contributed by atoms with Crippen LogP contribution in [-0.2, 0) is 0 Å². The summed E-state index contributed by atoms with van der Waals surface area (Å²) >= 11 is 0. The van der Waals surface area contributed by atoms with Gasteiger partial charge < -0.3 is 4.74 Å². The normalized spacial score (nSPS) is 9.93. The summed E-state index contributed by atoms with van der Waals surface area (Å²) in [6, 6.07) is 1.16. The lowest BCUT2D eigenvalue weighted by molar-refractivity contribution is -0.387. The molecule has 1 aromatic carbocycles. The average Bonchev–Trinajstić information content (AvgIpc) is 2.09. The van der Waals surface area contributed by atoms with E-state index in [0.717, 1.165) is 6.07 Å². The molecule has 0 aromatic heterocycles. The van der Waals surface area contributed by atoms with Gasteiger partial charge in [0.2, 0.25) is 5.82 Å². The average molecular weight is 203 g/mol. The fourth-order valence-corrected chi connectivity index (χ4v) is 0.924. The van der Waals surface area contributed by atoms with Gasteiger partial charge in [-0.15, -0.1) is 0 Å². The summed E-state index contributed by atoms with van der Waals surface area (Å²) in [6.07, 6.45) is 0. The zero-order valence-corrected chi connectivity index (χ0v) is 7.29. The van der Waals surface area contributed by atoms with Gasteiger partial charge in [0.1, 0.15) is 0 Å². The van der Waals surface area contributed by atoms with Gasteiger partial charge in [-0.3, -0.25) is 10.1 Å². The fraction of sp³-hybridized carbons (Fsp3) is 0.250. The summed E-state index contributed by atoms with van der Waals surface area (Å²) in [5.74, 6) is -2.48. The highest BCUT2D eigenvalue weighted by molar-refractivity contribution is 5.40. The number of hydrogen-bond donors (Lipinski definition) is 0. The van der Waals surface area contributed by atoms with Crippen LogP contribution in [0.15, 0.2) is 12.1 Å². The molecule has 0 aliphatic heterocycles. The summed E-state index contributed by atoms with van der Waals surface area (Å²) in [5, 5.41) is 10.3. The lowest BCUT2D eigenvalue weighted by Crippen LogP contribution is -1.99. The summed E-state index contributed by atoms with van der Waals surface area (Å²) in [5.41, 5.74) is -0.796. The molecule has 0 amide bonds. The highest BCUT2D eigenvalue weighted by atomic mass is 19.1. The number of nitrogens with zero attached hydrogens (tertiary/aromatic N) is 1. The Morgan fingerprint density at radius 3 is 2.57 bits per heavy atom. The molecule has 0 aliphatic carbocycles. The molecule has 0 bridgehead atoms. The van der Waals surface area contributed by atoms with Crippen LogP contribution in [0.5, 0.6) is 5.75 Å². The predicted molar refractivity (Wildman–Crippen MR) is 44.2 cm³/mol. The second-order valence-corrected chi connectivity index (χ2v) is 2.42. The van der Waals surface area contributed by atoms with Gasteiger partial charge in [-0.2, -0.15) is 4.39 Å². The van der Waals surface area contributed by atoms with Crippen molar-refractivity contribution in [3.63, 3.8) is 0 Å². The van der Waals surface area contributed by atoms with Gasteiger partial charge in [-0.25, -0.2) is 4.39 Å². The van der Waals surface area contributed by atoms with E-state index in [4.69, 9.17) is 4.74 Å². The van der Waals surface area contributed by atoms with Gasteiger partial charge >= 0.3 is 5.69 Å². The van der Waals surface area contributed by atoms with Gasteiger partial charge in [0, 0.05) is 6.07 Å². The van der Waals surface area contributed by atoms with Crippen molar-refractivity contribution in [1.29, 1.82) is 0 Å². The van der Waals surface area contributed by atoms with Gasteiger partial charge in [0.25, 0.3) is 0 Å². The molecule has 6 heteroatoms. The van der Waals surface area contributed by atoms with Crippen molar-refractivity contribution in [2.75, 3.05) is 6.61 Å². The van der Waals surface area contributed by atoms with Gasteiger partial charge in [0.05, 0.1) is 17.6 Å². The monoisotopic (exact) mass is 203 g/mol. The molecule has 0 unspecified atom stereocenters. The van der Waals surface area contributed by atoms with Crippen molar-refractivity contribution in [1.82, 2.24) is 0 Å². The van der Waals surface area contributed by atoms with Crippen LogP contribution >= 0.6 is 0 Å². The number of nitro benzene ring substituents is 1. The second kappa shape index (κ2) is 3.99. The van der Waals surface area contributed by atoms with Crippen molar-refractivity contribution in [3.8, 4) is 5.75 Å². The Bertz CT molecular complexity index is 368. The third-order valence-electron chi connectivity index (χ3n) is 1.50. The van der Waals surface area contributed by atoms with E-state index in [1.165, 1.54) is 0 Å². The number of rotatable bonds is 3. The molecule has 4 nitrogen and oxygen atoms in total. The molecule has 0 aliphatic rings. The van der Waals surface area contributed by atoms with Gasteiger partial charge in [0.15, 0.2) is 11.6 Å². The molecule has 0 N–H and O–H groups in total. The number of nitro groups is 1. The highest BCUT2D eigenvalue weighted by Crippen LogP contribution is 2.26. The molecule has 0 fully saturated rings. The van der Waals surface area contributed by atoms with Crippen molar-refractivity contribution in [2.24, 2.45) is 0 Å². The van der Waals surface area contributed by atoms with E-state index in [-0.39, 0.29) is 12.4 Å². The first-order valence-electron chi connectivity index (χ1n) is 3.82. The minimum atomic E-state index is -1.21. The van der Waals surface area contributed by atoms with E-state index in [2.05, 4.69) is 0 Å². The zero-order chi connectivity index (χ0) is 10.7. The van der Waals surface area contributed by atoms with Crippen molar-refractivity contribution < 1.29 is 18.4 Å². The molecule has 0 spiro atoms. The SMILES string of the molecule is CCOc1cc([N+](=O)[O-])c(F)cc1F. The second-order valence-electron chi connectivity index (χ2n) is 2.42. The third-order valence-corrected chi connectivity index (χ3v) is 1.50. The molecule has 0 atom stereocenters. The van der Waals surface area contributed by atoms with Crippen LogP contribution in [-0.4, -0.2) is 11.5 Å². The summed E-state index contributed by atoms with van der Waals surface area (Å²) in [7, 11) is 0. The van der Waals surface area contributed by atoms with Crippen LogP contribution in [0.4, 0.5) is 14.5 Å². The molecule has 0 heterocycles. The van der Waals surface area contributed by atoms with Crippen LogP contribution < -0.4 is 4.74 Å². The highest BCUT2D eigenvalue weighted by Gasteiger charge is 2.18. The Morgan fingerprint density at radius 2 is 2.07 bits per heavy atom. The Hall–Kier alpha value is -1.72. The largest absolute Gasteiger partial charge is 0.491 e. The molecule has 0 saturated heterocycles. The quantitative estimate of drug-likeness (QED) is 0.559. The van der Waals surface area contributed by atoms with E-state index in [9.17, 15) is 18.9 Å².